The van der Waals surface area contributed by atoms with E-state index in [1.807, 2.05) is 6.92 Å². The van der Waals surface area contributed by atoms with Crippen molar-refractivity contribution in [1.82, 2.24) is 20.3 Å². The number of rotatable bonds is 7. The molecular formula is C15H17BrN4O3. The SMILES string of the molecule is CCCCNC(=O)c1cn(Cc2cc(Br)cc(C=O)c2O)nn1. The number of phenolic OH excluding ortho intramolecular Hbond substituents is 1. The minimum Gasteiger partial charge on any atom is -0.507 e. The zero-order chi connectivity index (χ0) is 16.8. The maximum absolute atomic E-state index is 11.9. The van der Waals surface area contributed by atoms with E-state index < -0.39 is 0 Å². The highest BCUT2D eigenvalue weighted by atomic mass is 79.9. The predicted molar refractivity (Wildman–Crippen MR) is 87.6 cm³/mol. The van der Waals surface area contributed by atoms with Crippen LogP contribution in [0, 0.1) is 0 Å². The molecular weight excluding hydrogens is 364 g/mol. The van der Waals surface area contributed by atoms with Crippen LogP contribution in [0.4, 0.5) is 0 Å². The Hall–Kier alpha value is -2.22. The van der Waals surface area contributed by atoms with Crippen molar-refractivity contribution in [3.63, 3.8) is 0 Å². The molecule has 0 aliphatic rings. The molecule has 1 amide bonds. The minimum absolute atomic E-state index is 0.104. The van der Waals surface area contributed by atoms with Crippen LogP contribution >= 0.6 is 15.9 Å². The Labute approximate surface area is 141 Å². The summed E-state index contributed by atoms with van der Waals surface area (Å²) in [4.78, 5) is 22.8. The number of hydrogen-bond acceptors (Lipinski definition) is 5. The fourth-order valence-electron chi connectivity index (χ4n) is 2.01. The number of nitrogens with one attached hydrogen (secondary N) is 1. The molecule has 0 unspecified atom stereocenters. The van der Waals surface area contributed by atoms with Gasteiger partial charge in [0.2, 0.25) is 0 Å². The molecule has 0 aliphatic heterocycles. The minimum atomic E-state index is -0.281. The standard InChI is InChI=1S/C15H17BrN4O3/c1-2-3-4-17-15(23)13-8-20(19-18-13)7-10-5-12(16)6-11(9-21)14(10)22/h5-6,8-9,22H,2-4,7H2,1H3,(H,17,23). The third-order valence-electron chi connectivity index (χ3n) is 3.23. The van der Waals surface area contributed by atoms with Crippen LogP contribution in [0.2, 0.25) is 0 Å². The Bertz CT molecular complexity index is 715. The molecule has 0 radical (unpaired) electrons. The highest BCUT2D eigenvalue weighted by Gasteiger charge is 2.13. The van der Waals surface area contributed by atoms with Gasteiger partial charge in [0.15, 0.2) is 12.0 Å². The average Bonchev–Trinajstić information content (AvgIpc) is 2.99. The maximum Gasteiger partial charge on any atom is 0.273 e. The number of hydrogen-bond donors (Lipinski definition) is 2. The lowest BCUT2D eigenvalue weighted by atomic mass is 10.1. The zero-order valence-electron chi connectivity index (χ0n) is 12.6. The molecule has 1 aromatic carbocycles. The van der Waals surface area contributed by atoms with Crippen molar-refractivity contribution in [2.75, 3.05) is 6.54 Å². The van der Waals surface area contributed by atoms with Crippen molar-refractivity contribution < 1.29 is 14.7 Å². The van der Waals surface area contributed by atoms with Gasteiger partial charge in [-0.25, -0.2) is 4.68 Å². The Morgan fingerprint density at radius 1 is 1.48 bits per heavy atom. The van der Waals surface area contributed by atoms with Crippen molar-refractivity contribution in [2.45, 2.75) is 26.3 Å². The Balaban J connectivity index is 2.12. The van der Waals surface area contributed by atoms with Crippen LogP contribution in [0.5, 0.6) is 5.75 Å². The number of aromatic hydroxyl groups is 1. The second kappa shape index (κ2) is 7.87. The van der Waals surface area contributed by atoms with Gasteiger partial charge in [0.25, 0.3) is 5.91 Å². The molecule has 1 heterocycles. The number of phenols is 1. The summed E-state index contributed by atoms with van der Waals surface area (Å²) < 4.78 is 2.11. The number of carbonyl (C=O) groups excluding carboxylic acids is 2. The molecule has 0 aliphatic carbocycles. The third-order valence-corrected chi connectivity index (χ3v) is 3.69. The molecule has 23 heavy (non-hydrogen) atoms. The predicted octanol–water partition coefficient (Wildman–Crippen LogP) is 2.14. The molecule has 1 aromatic heterocycles. The summed E-state index contributed by atoms with van der Waals surface area (Å²) in [5.41, 5.74) is 0.905. The lowest BCUT2D eigenvalue weighted by Crippen LogP contribution is -2.24. The smallest absolute Gasteiger partial charge is 0.273 e. The molecule has 2 rings (SSSR count). The summed E-state index contributed by atoms with van der Waals surface area (Å²) in [5, 5.41) is 20.5. The molecule has 7 nitrogen and oxygen atoms in total. The van der Waals surface area contributed by atoms with Crippen molar-refractivity contribution >= 4 is 28.1 Å². The van der Waals surface area contributed by atoms with E-state index in [1.54, 1.807) is 6.07 Å². The highest BCUT2D eigenvalue weighted by molar-refractivity contribution is 9.10. The first kappa shape index (κ1) is 17.1. The van der Waals surface area contributed by atoms with Gasteiger partial charge in [-0.2, -0.15) is 0 Å². The third kappa shape index (κ3) is 4.38. The van der Waals surface area contributed by atoms with Crippen molar-refractivity contribution in [1.29, 1.82) is 0 Å². The fraction of sp³-hybridized carbons (Fsp3) is 0.333. The first-order valence-electron chi connectivity index (χ1n) is 7.20. The van der Waals surface area contributed by atoms with Crippen LogP contribution in [0.25, 0.3) is 0 Å². The summed E-state index contributed by atoms with van der Waals surface area (Å²) >= 11 is 3.29. The largest absolute Gasteiger partial charge is 0.507 e. The summed E-state index contributed by atoms with van der Waals surface area (Å²) in [6.07, 6.45) is 3.98. The van der Waals surface area contributed by atoms with Crippen LogP contribution in [0.15, 0.2) is 22.8 Å². The zero-order valence-corrected chi connectivity index (χ0v) is 14.2. The second-order valence-corrected chi connectivity index (χ2v) is 5.95. The highest BCUT2D eigenvalue weighted by Crippen LogP contribution is 2.26. The van der Waals surface area contributed by atoms with E-state index in [1.165, 1.54) is 16.9 Å². The molecule has 0 spiro atoms. The molecule has 2 N–H and O–H groups in total. The van der Waals surface area contributed by atoms with Crippen LogP contribution in [-0.4, -0.2) is 38.8 Å². The lowest BCUT2D eigenvalue weighted by molar-refractivity contribution is 0.0947. The Morgan fingerprint density at radius 3 is 2.96 bits per heavy atom. The van der Waals surface area contributed by atoms with Crippen LogP contribution in [0.1, 0.15) is 46.2 Å². The average molecular weight is 381 g/mol. The number of unbranched alkanes of at least 4 members (excludes halogenated alkanes) is 1. The second-order valence-electron chi connectivity index (χ2n) is 5.03. The molecule has 122 valence electrons. The first-order valence-corrected chi connectivity index (χ1v) is 7.99. The van der Waals surface area contributed by atoms with Gasteiger partial charge in [0, 0.05) is 16.6 Å². The van der Waals surface area contributed by atoms with Crippen LogP contribution in [-0.2, 0) is 6.54 Å². The van der Waals surface area contributed by atoms with Gasteiger partial charge in [-0.3, -0.25) is 9.59 Å². The molecule has 0 atom stereocenters. The Kier molecular flexibility index (Phi) is 5.86. The monoisotopic (exact) mass is 380 g/mol. The molecule has 0 saturated heterocycles. The van der Waals surface area contributed by atoms with Crippen molar-refractivity contribution in [3.8, 4) is 5.75 Å². The van der Waals surface area contributed by atoms with Gasteiger partial charge in [-0.05, 0) is 18.6 Å². The van der Waals surface area contributed by atoms with Crippen LogP contribution in [0.3, 0.4) is 0 Å². The molecule has 0 fully saturated rings. The summed E-state index contributed by atoms with van der Waals surface area (Å²) in [7, 11) is 0. The number of carbonyl (C=O) groups is 2. The number of aromatic nitrogens is 3. The van der Waals surface area contributed by atoms with Gasteiger partial charge < -0.3 is 10.4 Å². The number of halogens is 1. The normalized spacial score (nSPS) is 10.5. The fourth-order valence-corrected chi connectivity index (χ4v) is 2.54. The van der Waals surface area contributed by atoms with Crippen LogP contribution < -0.4 is 5.32 Å². The summed E-state index contributed by atoms with van der Waals surface area (Å²) in [6, 6.07) is 3.21. The quantitative estimate of drug-likeness (QED) is 0.566. The van der Waals surface area contributed by atoms with Gasteiger partial charge in [-0.15, -0.1) is 5.10 Å². The van der Waals surface area contributed by atoms with Gasteiger partial charge in [-0.1, -0.05) is 34.5 Å². The van der Waals surface area contributed by atoms with Gasteiger partial charge in [0.1, 0.15) is 5.75 Å². The Morgan fingerprint density at radius 2 is 2.26 bits per heavy atom. The van der Waals surface area contributed by atoms with Gasteiger partial charge >= 0.3 is 0 Å². The van der Waals surface area contributed by atoms with E-state index in [4.69, 9.17) is 0 Å². The van der Waals surface area contributed by atoms with E-state index in [-0.39, 0.29) is 29.5 Å². The number of amides is 1. The van der Waals surface area contributed by atoms with E-state index in [9.17, 15) is 14.7 Å². The number of aldehydes is 1. The van der Waals surface area contributed by atoms with E-state index in [2.05, 4.69) is 31.6 Å². The molecule has 0 saturated carbocycles. The number of nitrogens with zero attached hydrogens (tertiary/aromatic N) is 3. The summed E-state index contributed by atoms with van der Waals surface area (Å²) in [6.45, 7) is 2.83. The van der Waals surface area contributed by atoms with Crippen molar-refractivity contribution in [2.24, 2.45) is 0 Å². The van der Waals surface area contributed by atoms with E-state index in [0.29, 0.717) is 22.9 Å². The van der Waals surface area contributed by atoms with E-state index >= 15 is 0 Å². The molecule has 0 bridgehead atoms. The first-order chi connectivity index (χ1) is 11.0. The molecule has 2 aromatic rings. The number of benzene rings is 1. The summed E-state index contributed by atoms with van der Waals surface area (Å²) in [5.74, 6) is -0.385. The maximum atomic E-state index is 11.9. The van der Waals surface area contributed by atoms with Gasteiger partial charge in [0.05, 0.1) is 18.3 Å². The molecule has 8 heteroatoms. The van der Waals surface area contributed by atoms with Crippen molar-refractivity contribution in [3.05, 3.63) is 39.6 Å². The topological polar surface area (TPSA) is 97.1 Å². The lowest BCUT2D eigenvalue weighted by Gasteiger charge is -2.07. The van der Waals surface area contributed by atoms with E-state index in [0.717, 1.165) is 12.8 Å².